The first kappa shape index (κ1) is 18.3. The van der Waals surface area contributed by atoms with Crippen LogP contribution in [0.3, 0.4) is 0 Å². The third-order valence-corrected chi connectivity index (χ3v) is 5.62. The van der Waals surface area contributed by atoms with Gasteiger partial charge in [0.15, 0.2) is 5.06 Å². The normalized spacial score (nSPS) is 18.1. The number of carbonyl (C=O) groups excluding carboxylic acids is 1. The highest BCUT2D eigenvalue weighted by Gasteiger charge is 2.30. The van der Waals surface area contributed by atoms with Crippen LogP contribution in [-0.2, 0) is 6.42 Å². The molecule has 1 aromatic heterocycles. The second-order valence-corrected chi connectivity index (χ2v) is 6.99. The number of nitrogens with zero attached hydrogens (tertiary/aromatic N) is 1. The zero-order chi connectivity index (χ0) is 18.8. The van der Waals surface area contributed by atoms with Crippen LogP contribution in [-0.4, -0.2) is 16.1 Å². The van der Waals surface area contributed by atoms with Gasteiger partial charge in [0.25, 0.3) is 5.91 Å². The highest BCUT2D eigenvalue weighted by atomic mass is 32.1. The van der Waals surface area contributed by atoms with Gasteiger partial charge < -0.3 is 16.2 Å². The summed E-state index contributed by atoms with van der Waals surface area (Å²) in [6.45, 7) is 0. The monoisotopic (exact) mass is 395 g/mol. The second-order valence-electron chi connectivity index (χ2n) is 5.60. The Balaban J connectivity index is 1.97. The van der Waals surface area contributed by atoms with Crippen LogP contribution in [0.25, 0.3) is 0 Å². The molecule has 4 N–H and O–H groups in total. The fourth-order valence-corrected chi connectivity index (χ4v) is 4.31. The van der Waals surface area contributed by atoms with Gasteiger partial charge in [0.1, 0.15) is 11.5 Å². The lowest BCUT2D eigenvalue weighted by molar-refractivity contribution is -0.112. The van der Waals surface area contributed by atoms with Crippen LogP contribution in [0.5, 0.6) is 5.06 Å². The number of fused-ring (bicyclic) bond motifs is 1. The van der Waals surface area contributed by atoms with E-state index < -0.39 is 11.3 Å². The van der Waals surface area contributed by atoms with Crippen LogP contribution in [0, 0.1) is 0 Å². The molecule has 2 aliphatic carbocycles. The van der Waals surface area contributed by atoms with E-state index in [0.717, 1.165) is 22.5 Å². The molecule has 3 rings (SSSR count). The SMILES string of the molecule is NC=C1CCc2c(C(N)=O)sc(OC3=CCC=C(N(F)F)C=C3)c2C1=S. The van der Waals surface area contributed by atoms with Crippen LogP contribution in [0.1, 0.15) is 33.6 Å². The van der Waals surface area contributed by atoms with Crippen molar-refractivity contribution in [3.63, 3.8) is 0 Å². The molecule has 0 saturated carbocycles. The largest absolute Gasteiger partial charge is 0.446 e. The molecule has 0 spiro atoms. The predicted octanol–water partition coefficient (Wildman–Crippen LogP) is 3.53. The quantitative estimate of drug-likeness (QED) is 0.463. The molecule has 0 radical (unpaired) electrons. The van der Waals surface area contributed by atoms with E-state index in [0.29, 0.717) is 39.0 Å². The van der Waals surface area contributed by atoms with Crippen molar-refractivity contribution in [1.82, 2.24) is 5.34 Å². The fraction of sp³-hybridized carbons (Fsp3) is 0.176. The van der Waals surface area contributed by atoms with E-state index >= 15 is 0 Å². The summed E-state index contributed by atoms with van der Waals surface area (Å²) >= 11 is 6.59. The topological polar surface area (TPSA) is 81.6 Å². The molecule has 26 heavy (non-hydrogen) atoms. The molecule has 0 aliphatic heterocycles. The molecule has 1 aromatic rings. The fourth-order valence-electron chi connectivity index (χ4n) is 2.78. The van der Waals surface area contributed by atoms with Crippen LogP contribution in [0.2, 0.25) is 0 Å². The molecule has 0 saturated heterocycles. The van der Waals surface area contributed by atoms with Gasteiger partial charge in [-0.05, 0) is 60.2 Å². The van der Waals surface area contributed by atoms with Crippen molar-refractivity contribution in [1.29, 1.82) is 0 Å². The van der Waals surface area contributed by atoms with Crippen LogP contribution in [0.4, 0.5) is 8.96 Å². The Morgan fingerprint density at radius 2 is 2.08 bits per heavy atom. The summed E-state index contributed by atoms with van der Waals surface area (Å²) < 4.78 is 31.2. The van der Waals surface area contributed by atoms with Crippen molar-refractivity contribution in [3.05, 3.63) is 63.5 Å². The lowest BCUT2D eigenvalue weighted by atomic mass is 9.89. The van der Waals surface area contributed by atoms with Gasteiger partial charge in [-0.25, -0.2) is 0 Å². The minimum absolute atomic E-state index is 0.227. The Labute approximate surface area is 157 Å². The maximum atomic E-state index is 12.7. The number of ether oxygens (including phenoxy) is 1. The molecule has 1 heterocycles. The summed E-state index contributed by atoms with van der Waals surface area (Å²) in [7, 11) is 0. The minimum Gasteiger partial charge on any atom is -0.446 e. The number of amides is 1. The van der Waals surface area contributed by atoms with Crippen molar-refractivity contribution < 1.29 is 18.5 Å². The number of nitrogens with two attached hydrogens (primary N) is 2. The molecule has 0 bridgehead atoms. The third-order valence-electron chi connectivity index (χ3n) is 4.03. The van der Waals surface area contributed by atoms with Gasteiger partial charge in [-0.2, -0.15) is 0 Å². The Morgan fingerprint density at radius 3 is 2.73 bits per heavy atom. The summed E-state index contributed by atoms with van der Waals surface area (Å²) in [4.78, 5) is 12.7. The molecule has 0 atom stereocenters. The summed E-state index contributed by atoms with van der Waals surface area (Å²) in [5, 5.41) is -0.548. The average molecular weight is 395 g/mol. The van der Waals surface area contributed by atoms with E-state index in [1.165, 1.54) is 24.4 Å². The third kappa shape index (κ3) is 3.40. The van der Waals surface area contributed by atoms with E-state index in [2.05, 4.69) is 0 Å². The van der Waals surface area contributed by atoms with E-state index in [-0.39, 0.29) is 12.1 Å². The van der Waals surface area contributed by atoms with Crippen molar-refractivity contribution >= 4 is 34.3 Å². The standard InChI is InChI=1S/C17H15F2N3O2S2/c18-22(19)10-2-1-3-11(6-5-10)24-17-13-12(15(26-17)16(21)23)7-4-9(8-20)14(13)25/h2-3,5-6,8H,1,4,7,20H2,(H2,21,23). The van der Waals surface area contributed by atoms with Gasteiger partial charge in [0.05, 0.1) is 15.3 Å². The van der Waals surface area contributed by atoms with Gasteiger partial charge in [0.2, 0.25) is 0 Å². The molecule has 0 fully saturated rings. The van der Waals surface area contributed by atoms with Gasteiger partial charge in [-0.3, -0.25) is 4.79 Å². The number of allylic oxidation sites excluding steroid dienone is 5. The first-order valence-electron chi connectivity index (χ1n) is 7.71. The minimum atomic E-state index is -0.959. The first-order chi connectivity index (χ1) is 12.4. The molecule has 5 nitrogen and oxygen atoms in total. The number of rotatable bonds is 4. The van der Waals surface area contributed by atoms with E-state index in [1.54, 1.807) is 6.08 Å². The number of thiocarbonyl (C=S) groups is 1. The highest BCUT2D eigenvalue weighted by Crippen LogP contribution is 2.42. The molecule has 1 amide bonds. The van der Waals surface area contributed by atoms with Crippen molar-refractivity contribution in [2.45, 2.75) is 19.3 Å². The second kappa shape index (κ2) is 7.38. The zero-order valence-electron chi connectivity index (χ0n) is 13.5. The Hall–Kier alpha value is -2.52. The molecule has 136 valence electrons. The number of thiophene rings is 1. The van der Waals surface area contributed by atoms with Gasteiger partial charge in [-0.15, -0.1) is 0 Å². The van der Waals surface area contributed by atoms with E-state index in [1.807, 2.05) is 0 Å². The summed E-state index contributed by atoms with van der Waals surface area (Å²) in [6, 6.07) is 0. The number of halogens is 2. The van der Waals surface area contributed by atoms with Gasteiger partial charge in [0, 0.05) is 0 Å². The predicted molar refractivity (Wildman–Crippen MR) is 99.7 cm³/mol. The van der Waals surface area contributed by atoms with Crippen molar-refractivity contribution in [2.75, 3.05) is 0 Å². The lowest BCUT2D eigenvalue weighted by Crippen LogP contribution is -2.17. The molecule has 0 aromatic carbocycles. The van der Waals surface area contributed by atoms with Crippen molar-refractivity contribution in [3.8, 4) is 5.06 Å². The van der Waals surface area contributed by atoms with Crippen molar-refractivity contribution in [2.24, 2.45) is 11.5 Å². The van der Waals surface area contributed by atoms with E-state index in [9.17, 15) is 13.8 Å². The number of hydrogen-bond acceptors (Lipinski definition) is 6. The van der Waals surface area contributed by atoms with Crippen LogP contribution in [0.15, 0.2) is 47.5 Å². The van der Waals surface area contributed by atoms with E-state index in [4.69, 9.17) is 28.4 Å². The first-order valence-corrected chi connectivity index (χ1v) is 8.93. The summed E-state index contributed by atoms with van der Waals surface area (Å²) in [5.41, 5.74) is 13.1. The molecular formula is C17H15F2N3O2S2. The maximum absolute atomic E-state index is 12.7. The number of carbonyl (C=O) groups is 1. The van der Waals surface area contributed by atoms with Crippen LogP contribution >= 0.6 is 23.6 Å². The Kier molecular flexibility index (Phi) is 5.19. The zero-order valence-corrected chi connectivity index (χ0v) is 15.1. The van der Waals surface area contributed by atoms with Gasteiger partial charge in [-0.1, -0.05) is 38.6 Å². The molecule has 0 unspecified atom stereocenters. The summed E-state index contributed by atoms with van der Waals surface area (Å²) in [5.74, 6) is -0.172. The maximum Gasteiger partial charge on any atom is 0.259 e. The Morgan fingerprint density at radius 1 is 1.31 bits per heavy atom. The number of primary amides is 1. The lowest BCUT2D eigenvalue weighted by Gasteiger charge is -2.18. The van der Waals surface area contributed by atoms with Gasteiger partial charge >= 0.3 is 0 Å². The smallest absolute Gasteiger partial charge is 0.259 e. The highest BCUT2D eigenvalue weighted by molar-refractivity contribution is 7.81. The molecular weight excluding hydrogens is 380 g/mol. The number of hydrogen-bond donors (Lipinski definition) is 2. The molecule has 2 aliphatic rings. The summed E-state index contributed by atoms with van der Waals surface area (Å²) in [6.07, 6.45) is 8.64. The molecule has 9 heteroatoms. The van der Waals surface area contributed by atoms with Crippen LogP contribution < -0.4 is 16.2 Å². The Bertz CT molecular complexity index is 898. The average Bonchev–Trinajstić information content (AvgIpc) is 2.80.